The van der Waals surface area contributed by atoms with E-state index in [1.54, 1.807) is 14.2 Å². The number of anilines is 2. The van der Waals surface area contributed by atoms with Gasteiger partial charge in [0.2, 0.25) is 5.91 Å². The minimum absolute atomic E-state index is 0.176. The minimum atomic E-state index is -1.12. The van der Waals surface area contributed by atoms with Gasteiger partial charge in [0.05, 0.1) is 18.5 Å². The number of methoxy groups -OCH3 is 1. The molecular weight excluding hydrogens is 436 g/mol. The smallest absolute Gasteiger partial charge is 0.404 e. The maximum absolute atomic E-state index is 12.5. The number of rotatable bonds is 7. The number of fused-ring (bicyclic) bond motifs is 1. The second-order valence-corrected chi connectivity index (χ2v) is 8.19. The van der Waals surface area contributed by atoms with Crippen LogP contribution in [0, 0.1) is 5.92 Å². The summed E-state index contributed by atoms with van der Waals surface area (Å²) in [5.41, 5.74) is 2.67. The third-order valence-corrected chi connectivity index (χ3v) is 6.06. The molecule has 0 spiro atoms. The molecule has 10 nitrogen and oxygen atoms in total. The number of carbonyl (C=O) groups excluding carboxylic acids is 1. The molecule has 1 aliphatic rings. The highest BCUT2D eigenvalue weighted by Gasteiger charge is 2.35. The molecule has 2 amide bonds. The van der Waals surface area contributed by atoms with Crippen LogP contribution in [0.5, 0.6) is 5.75 Å². The average molecular weight is 465 g/mol. The fourth-order valence-electron chi connectivity index (χ4n) is 4.43. The van der Waals surface area contributed by atoms with E-state index < -0.39 is 18.1 Å². The van der Waals surface area contributed by atoms with Crippen molar-refractivity contribution in [3.05, 3.63) is 54.4 Å². The van der Waals surface area contributed by atoms with Gasteiger partial charge >= 0.3 is 6.09 Å². The summed E-state index contributed by atoms with van der Waals surface area (Å²) in [6, 6.07) is 13.1. The van der Waals surface area contributed by atoms with E-state index in [-0.39, 0.29) is 5.91 Å². The molecule has 1 aromatic heterocycles. The zero-order chi connectivity index (χ0) is 24.1. The van der Waals surface area contributed by atoms with Crippen molar-refractivity contribution in [1.29, 1.82) is 0 Å². The van der Waals surface area contributed by atoms with Crippen molar-refractivity contribution in [1.82, 2.24) is 25.5 Å². The number of nitrogens with zero attached hydrogens (tertiary/aromatic N) is 3. The summed E-state index contributed by atoms with van der Waals surface area (Å²) in [6.45, 7) is 1.67. The molecule has 4 rings (SSSR count). The number of nitrogens with one attached hydrogen (secondary N) is 3. The molecule has 0 bridgehead atoms. The molecule has 2 atom stereocenters. The molecule has 0 saturated carbocycles. The number of hydrogen-bond acceptors (Lipinski definition) is 7. The second-order valence-electron chi connectivity index (χ2n) is 8.19. The van der Waals surface area contributed by atoms with Crippen molar-refractivity contribution in [3.63, 3.8) is 0 Å². The lowest BCUT2D eigenvalue weighted by Crippen LogP contribution is -2.55. The predicted octanol–water partition coefficient (Wildman–Crippen LogP) is 2.59. The van der Waals surface area contributed by atoms with Crippen molar-refractivity contribution < 1.29 is 19.4 Å². The standard InChI is InChI=1S/C24H28N6O4/c1-25-23(31)18-13-30(10-9-19(18)29-24(32)33)12-15-5-3-8-20-21(15)22(27-14-26-20)28-16-6-4-7-17(11-16)34-2/h3-8,11,14,18-19,29H,9-10,12-13H2,1-2H3,(H,25,31)(H,32,33)(H,26,27,28)/t18-,19-/m1/s1. The number of aromatic nitrogens is 2. The van der Waals surface area contributed by atoms with Gasteiger partial charge in [-0.3, -0.25) is 9.69 Å². The van der Waals surface area contributed by atoms with Crippen molar-refractivity contribution in [3.8, 4) is 5.75 Å². The SMILES string of the molecule is CNC(=O)[C@@H]1CN(Cc2cccc3ncnc(Nc4cccc(OC)c4)c23)CC[C@H]1NC(=O)O. The number of carboxylic acid groups (broad SMARTS) is 1. The molecule has 3 aromatic rings. The summed E-state index contributed by atoms with van der Waals surface area (Å²) in [7, 11) is 3.19. The topological polar surface area (TPSA) is 129 Å². The largest absolute Gasteiger partial charge is 0.497 e. The van der Waals surface area contributed by atoms with E-state index in [4.69, 9.17) is 9.84 Å². The van der Waals surface area contributed by atoms with Gasteiger partial charge in [0.25, 0.3) is 0 Å². The van der Waals surface area contributed by atoms with Crippen LogP contribution in [0.25, 0.3) is 10.9 Å². The third kappa shape index (κ3) is 5.18. The predicted molar refractivity (Wildman–Crippen MR) is 128 cm³/mol. The minimum Gasteiger partial charge on any atom is -0.497 e. The molecule has 1 aliphatic heterocycles. The zero-order valence-electron chi connectivity index (χ0n) is 19.1. The van der Waals surface area contributed by atoms with Gasteiger partial charge in [0, 0.05) is 49.9 Å². The fourth-order valence-corrected chi connectivity index (χ4v) is 4.43. The zero-order valence-corrected chi connectivity index (χ0v) is 19.1. The van der Waals surface area contributed by atoms with E-state index in [1.807, 2.05) is 42.5 Å². The van der Waals surface area contributed by atoms with Gasteiger partial charge in [-0.15, -0.1) is 0 Å². The molecule has 34 heavy (non-hydrogen) atoms. The van der Waals surface area contributed by atoms with Crippen LogP contribution in [-0.4, -0.2) is 65.3 Å². The monoisotopic (exact) mass is 464 g/mol. The molecule has 0 radical (unpaired) electrons. The van der Waals surface area contributed by atoms with Gasteiger partial charge in [-0.25, -0.2) is 14.8 Å². The molecule has 4 N–H and O–H groups in total. The first-order valence-electron chi connectivity index (χ1n) is 11.1. The van der Waals surface area contributed by atoms with E-state index in [2.05, 4.69) is 30.8 Å². The number of benzene rings is 2. The quantitative estimate of drug-likeness (QED) is 0.420. The van der Waals surface area contributed by atoms with Gasteiger partial charge in [0.1, 0.15) is 17.9 Å². The Bertz CT molecular complexity index is 1180. The molecule has 2 heterocycles. The van der Waals surface area contributed by atoms with Gasteiger partial charge in [0.15, 0.2) is 0 Å². The molecule has 0 aliphatic carbocycles. The Morgan fingerprint density at radius 3 is 2.79 bits per heavy atom. The Labute approximate surface area is 197 Å². The number of amides is 2. The van der Waals surface area contributed by atoms with Gasteiger partial charge < -0.3 is 25.8 Å². The van der Waals surface area contributed by atoms with Crippen LogP contribution in [-0.2, 0) is 11.3 Å². The van der Waals surface area contributed by atoms with Crippen LogP contribution in [0.15, 0.2) is 48.8 Å². The Balaban J connectivity index is 1.61. The summed E-state index contributed by atoms with van der Waals surface area (Å²) in [6.07, 6.45) is 0.951. The van der Waals surface area contributed by atoms with E-state index in [0.717, 1.165) is 27.9 Å². The summed E-state index contributed by atoms with van der Waals surface area (Å²) >= 11 is 0. The number of likely N-dealkylation sites (tertiary alicyclic amines) is 1. The molecule has 1 saturated heterocycles. The summed E-state index contributed by atoms with van der Waals surface area (Å²) in [5.74, 6) is 0.765. The van der Waals surface area contributed by atoms with E-state index in [9.17, 15) is 9.59 Å². The van der Waals surface area contributed by atoms with Gasteiger partial charge in [-0.1, -0.05) is 18.2 Å². The number of carbonyl (C=O) groups is 2. The first-order chi connectivity index (χ1) is 16.5. The molecule has 1 fully saturated rings. The lowest BCUT2D eigenvalue weighted by molar-refractivity contribution is -0.127. The van der Waals surface area contributed by atoms with E-state index in [0.29, 0.717) is 31.9 Å². The maximum atomic E-state index is 12.5. The van der Waals surface area contributed by atoms with Gasteiger partial charge in [-0.2, -0.15) is 0 Å². The summed E-state index contributed by atoms with van der Waals surface area (Å²) in [5, 5.41) is 18.6. The number of ether oxygens (including phenoxy) is 1. The normalized spacial score (nSPS) is 18.3. The molecular formula is C24H28N6O4. The van der Waals surface area contributed by atoms with E-state index in [1.165, 1.54) is 6.33 Å². The Hall–Kier alpha value is -3.92. The first-order valence-corrected chi connectivity index (χ1v) is 11.1. The highest BCUT2D eigenvalue weighted by Crippen LogP contribution is 2.29. The highest BCUT2D eigenvalue weighted by atomic mass is 16.5. The van der Waals surface area contributed by atoms with Crippen LogP contribution in [0.4, 0.5) is 16.3 Å². The van der Waals surface area contributed by atoms with Crippen molar-refractivity contribution in [2.75, 3.05) is 32.6 Å². The van der Waals surface area contributed by atoms with Crippen LogP contribution in [0.2, 0.25) is 0 Å². The fraction of sp³-hybridized carbons (Fsp3) is 0.333. The molecule has 10 heteroatoms. The number of piperidine rings is 1. The molecule has 0 unspecified atom stereocenters. The lowest BCUT2D eigenvalue weighted by atomic mass is 9.90. The third-order valence-electron chi connectivity index (χ3n) is 6.06. The van der Waals surface area contributed by atoms with Crippen LogP contribution < -0.4 is 20.7 Å². The summed E-state index contributed by atoms with van der Waals surface area (Å²) in [4.78, 5) is 34.7. The Morgan fingerprint density at radius 1 is 1.21 bits per heavy atom. The van der Waals surface area contributed by atoms with Crippen LogP contribution in [0.3, 0.4) is 0 Å². The average Bonchev–Trinajstić information content (AvgIpc) is 2.84. The lowest BCUT2D eigenvalue weighted by Gasteiger charge is -2.37. The van der Waals surface area contributed by atoms with Crippen LogP contribution in [0.1, 0.15) is 12.0 Å². The van der Waals surface area contributed by atoms with E-state index >= 15 is 0 Å². The molecule has 178 valence electrons. The van der Waals surface area contributed by atoms with Crippen LogP contribution >= 0.6 is 0 Å². The Morgan fingerprint density at radius 2 is 2.03 bits per heavy atom. The molecule has 2 aromatic carbocycles. The summed E-state index contributed by atoms with van der Waals surface area (Å²) < 4.78 is 5.32. The van der Waals surface area contributed by atoms with Crippen molar-refractivity contribution in [2.45, 2.75) is 19.0 Å². The second kappa shape index (κ2) is 10.3. The highest BCUT2D eigenvalue weighted by molar-refractivity contribution is 5.93. The van der Waals surface area contributed by atoms with Gasteiger partial charge in [-0.05, 0) is 30.2 Å². The van der Waals surface area contributed by atoms with Crippen molar-refractivity contribution in [2.24, 2.45) is 5.92 Å². The first kappa shape index (κ1) is 23.2. The maximum Gasteiger partial charge on any atom is 0.404 e. The Kier molecular flexibility index (Phi) is 7.07. The van der Waals surface area contributed by atoms with Crippen molar-refractivity contribution >= 4 is 34.4 Å². The number of hydrogen-bond donors (Lipinski definition) is 4.